The van der Waals surface area contributed by atoms with Crippen LogP contribution in [0.1, 0.15) is 16.9 Å². The third-order valence-electron chi connectivity index (χ3n) is 3.43. The van der Waals surface area contributed by atoms with E-state index >= 15 is 0 Å². The first-order valence-corrected chi connectivity index (χ1v) is 6.90. The molecule has 0 aliphatic carbocycles. The lowest BCUT2D eigenvalue weighted by atomic mass is 10.1. The van der Waals surface area contributed by atoms with Crippen LogP contribution in [-0.4, -0.2) is 55.7 Å². The molecule has 0 saturated carbocycles. The van der Waals surface area contributed by atoms with Crippen LogP contribution in [0.4, 0.5) is 0 Å². The van der Waals surface area contributed by atoms with Crippen LogP contribution in [0.5, 0.6) is 0 Å². The minimum absolute atomic E-state index is 0.0951. The largest absolute Gasteiger partial charge is 0.383 e. The molecule has 1 aromatic heterocycles. The number of ether oxygens (including phenoxy) is 1. The Kier molecular flexibility index (Phi) is 5.24. The molecule has 1 unspecified atom stereocenters. The van der Waals surface area contributed by atoms with Crippen LogP contribution in [0, 0.1) is 5.92 Å². The fourth-order valence-electron chi connectivity index (χ4n) is 2.33. The number of halogens is 1. The standard InChI is InChI=1S/C13H20ClN3O2/c1-19-5-4-17-3-2-10(9-17)7-16-13(18)12-6-11(14)8-15-12/h6,8,10,15H,2-5,7,9H2,1H3,(H,16,18). The molecule has 1 atom stereocenters. The summed E-state index contributed by atoms with van der Waals surface area (Å²) in [6.45, 7) is 4.54. The fraction of sp³-hybridized carbons (Fsp3) is 0.615. The molecule has 0 bridgehead atoms. The maximum absolute atomic E-state index is 11.8. The van der Waals surface area contributed by atoms with Gasteiger partial charge in [0, 0.05) is 32.9 Å². The summed E-state index contributed by atoms with van der Waals surface area (Å²) in [6.07, 6.45) is 2.73. The number of carbonyl (C=O) groups excluding carboxylic acids is 1. The van der Waals surface area contributed by atoms with Crippen LogP contribution in [-0.2, 0) is 4.74 Å². The Morgan fingerprint density at radius 2 is 2.53 bits per heavy atom. The molecule has 0 spiro atoms. The van der Waals surface area contributed by atoms with Crippen molar-refractivity contribution in [3.63, 3.8) is 0 Å². The number of likely N-dealkylation sites (tertiary alicyclic amines) is 1. The summed E-state index contributed by atoms with van der Waals surface area (Å²) >= 11 is 5.77. The van der Waals surface area contributed by atoms with Crippen molar-refractivity contribution in [2.75, 3.05) is 39.9 Å². The zero-order valence-electron chi connectivity index (χ0n) is 11.1. The van der Waals surface area contributed by atoms with Gasteiger partial charge in [-0.15, -0.1) is 0 Å². The van der Waals surface area contributed by atoms with E-state index in [0.717, 1.165) is 32.7 Å². The molecule has 5 nitrogen and oxygen atoms in total. The van der Waals surface area contributed by atoms with Crippen molar-refractivity contribution in [2.45, 2.75) is 6.42 Å². The van der Waals surface area contributed by atoms with E-state index in [9.17, 15) is 4.79 Å². The van der Waals surface area contributed by atoms with Crippen molar-refractivity contribution in [1.82, 2.24) is 15.2 Å². The Balaban J connectivity index is 1.70. The second-order valence-electron chi connectivity index (χ2n) is 4.89. The normalized spacial score (nSPS) is 19.8. The number of hydrogen-bond donors (Lipinski definition) is 2. The van der Waals surface area contributed by atoms with Crippen molar-refractivity contribution in [2.24, 2.45) is 5.92 Å². The molecule has 6 heteroatoms. The predicted octanol–water partition coefficient (Wildman–Crippen LogP) is 1.37. The summed E-state index contributed by atoms with van der Waals surface area (Å²) < 4.78 is 5.07. The van der Waals surface area contributed by atoms with Gasteiger partial charge in [0.1, 0.15) is 5.69 Å². The number of aromatic amines is 1. The third kappa shape index (κ3) is 4.23. The van der Waals surface area contributed by atoms with Gasteiger partial charge in [0.05, 0.1) is 11.6 Å². The zero-order chi connectivity index (χ0) is 13.7. The molecule has 2 N–H and O–H groups in total. The predicted molar refractivity (Wildman–Crippen MR) is 74.6 cm³/mol. The number of H-pyrrole nitrogens is 1. The van der Waals surface area contributed by atoms with Gasteiger partial charge in [-0.3, -0.25) is 4.79 Å². The van der Waals surface area contributed by atoms with Gasteiger partial charge < -0.3 is 19.9 Å². The fourth-order valence-corrected chi connectivity index (χ4v) is 2.50. The van der Waals surface area contributed by atoms with Gasteiger partial charge in [0.15, 0.2) is 0 Å². The Morgan fingerprint density at radius 1 is 1.68 bits per heavy atom. The second-order valence-corrected chi connectivity index (χ2v) is 5.33. The van der Waals surface area contributed by atoms with Crippen LogP contribution in [0.25, 0.3) is 0 Å². The van der Waals surface area contributed by atoms with E-state index in [1.54, 1.807) is 19.4 Å². The van der Waals surface area contributed by atoms with Gasteiger partial charge in [0.2, 0.25) is 0 Å². The molecule has 1 aromatic rings. The lowest BCUT2D eigenvalue weighted by molar-refractivity contribution is 0.0942. The summed E-state index contributed by atoms with van der Waals surface area (Å²) in [7, 11) is 1.72. The Labute approximate surface area is 118 Å². The SMILES string of the molecule is COCCN1CCC(CNC(=O)c2cc(Cl)c[nH]2)C1. The van der Waals surface area contributed by atoms with Gasteiger partial charge in [-0.1, -0.05) is 11.6 Å². The minimum atomic E-state index is -0.0951. The van der Waals surface area contributed by atoms with E-state index in [1.807, 2.05) is 0 Å². The topological polar surface area (TPSA) is 57.4 Å². The summed E-state index contributed by atoms with van der Waals surface area (Å²) in [5, 5.41) is 3.50. The van der Waals surface area contributed by atoms with E-state index in [1.165, 1.54) is 0 Å². The van der Waals surface area contributed by atoms with E-state index in [4.69, 9.17) is 16.3 Å². The van der Waals surface area contributed by atoms with Crippen LogP contribution in [0.15, 0.2) is 12.3 Å². The molecule has 106 valence electrons. The number of hydrogen-bond acceptors (Lipinski definition) is 3. The maximum Gasteiger partial charge on any atom is 0.267 e. The van der Waals surface area contributed by atoms with E-state index in [0.29, 0.717) is 23.2 Å². The van der Waals surface area contributed by atoms with Gasteiger partial charge in [-0.25, -0.2) is 0 Å². The van der Waals surface area contributed by atoms with Gasteiger partial charge in [0.25, 0.3) is 5.91 Å². The number of aromatic nitrogens is 1. The molecule has 1 fully saturated rings. The molecule has 1 aliphatic heterocycles. The quantitative estimate of drug-likeness (QED) is 0.830. The monoisotopic (exact) mass is 285 g/mol. The third-order valence-corrected chi connectivity index (χ3v) is 3.64. The molecule has 0 aromatic carbocycles. The summed E-state index contributed by atoms with van der Waals surface area (Å²) in [5.41, 5.74) is 0.513. The first-order chi connectivity index (χ1) is 9.19. The molecular formula is C13H20ClN3O2. The van der Waals surface area contributed by atoms with Crippen molar-refractivity contribution in [1.29, 1.82) is 0 Å². The van der Waals surface area contributed by atoms with Gasteiger partial charge in [-0.2, -0.15) is 0 Å². The van der Waals surface area contributed by atoms with Crippen molar-refractivity contribution < 1.29 is 9.53 Å². The smallest absolute Gasteiger partial charge is 0.267 e. The van der Waals surface area contributed by atoms with Gasteiger partial charge >= 0.3 is 0 Å². The van der Waals surface area contributed by atoms with Crippen molar-refractivity contribution in [3.05, 3.63) is 23.0 Å². The highest BCUT2D eigenvalue weighted by atomic mass is 35.5. The van der Waals surface area contributed by atoms with Crippen LogP contribution in [0.3, 0.4) is 0 Å². The van der Waals surface area contributed by atoms with Gasteiger partial charge in [-0.05, 0) is 24.9 Å². The van der Waals surface area contributed by atoms with E-state index in [-0.39, 0.29) is 5.91 Å². The first kappa shape index (κ1) is 14.4. The van der Waals surface area contributed by atoms with Crippen LogP contribution < -0.4 is 5.32 Å². The highest BCUT2D eigenvalue weighted by Crippen LogP contribution is 2.15. The molecule has 2 rings (SSSR count). The van der Waals surface area contributed by atoms with E-state index in [2.05, 4.69) is 15.2 Å². The average molecular weight is 286 g/mol. The number of nitrogens with zero attached hydrogens (tertiary/aromatic N) is 1. The molecule has 19 heavy (non-hydrogen) atoms. The van der Waals surface area contributed by atoms with E-state index < -0.39 is 0 Å². The highest BCUT2D eigenvalue weighted by Gasteiger charge is 2.22. The average Bonchev–Trinajstić information content (AvgIpc) is 3.02. The van der Waals surface area contributed by atoms with Crippen LogP contribution in [0.2, 0.25) is 5.02 Å². The molecular weight excluding hydrogens is 266 g/mol. The summed E-state index contributed by atoms with van der Waals surface area (Å²) in [6, 6.07) is 1.64. The number of amides is 1. The van der Waals surface area contributed by atoms with Crippen LogP contribution >= 0.6 is 11.6 Å². The lowest BCUT2D eigenvalue weighted by Crippen LogP contribution is -2.31. The van der Waals surface area contributed by atoms with Crippen molar-refractivity contribution >= 4 is 17.5 Å². The number of rotatable bonds is 6. The zero-order valence-corrected chi connectivity index (χ0v) is 11.9. The summed E-state index contributed by atoms with van der Waals surface area (Å²) in [5.74, 6) is 0.425. The van der Waals surface area contributed by atoms with Crippen molar-refractivity contribution in [3.8, 4) is 0 Å². The first-order valence-electron chi connectivity index (χ1n) is 6.52. The molecule has 1 amide bonds. The summed E-state index contributed by atoms with van der Waals surface area (Å²) in [4.78, 5) is 17.0. The highest BCUT2D eigenvalue weighted by molar-refractivity contribution is 6.30. The molecule has 2 heterocycles. The Hall–Kier alpha value is -1.04. The minimum Gasteiger partial charge on any atom is -0.383 e. The Morgan fingerprint density at radius 3 is 3.21 bits per heavy atom. The molecule has 1 saturated heterocycles. The lowest BCUT2D eigenvalue weighted by Gasteiger charge is -2.15. The Bertz CT molecular complexity index is 422. The molecule has 1 aliphatic rings. The number of methoxy groups -OCH3 is 1. The maximum atomic E-state index is 11.8. The number of nitrogens with one attached hydrogen (secondary N) is 2. The number of carbonyl (C=O) groups is 1. The second kappa shape index (κ2) is 6.93. The molecule has 0 radical (unpaired) electrons.